The van der Waals surface area contributed by atoms with E-state index in [-0.39, 0.29) is 5.54 Å². The third-order valence-corrected chi connectivity index (χ3v) is 4.82. The Bertz CT molecular complexity index is 656. The standard InChI is InChI=1S/C24H38N2/c1-16(2)11-19(7)25-21-9-10-23-22(13-21)20(12-17(3)4)15-24(8,26-23)14-18(5)6/h9-10,13,15-19H,11-12,14H2,1-8H3. The zero-order valence-electron chi connectivity index (χ0n) is 18.1. The summed E-state index contributed by atoms with van der Waals surface area (Å²) in [5.41, 5.74) is 4.88. The molecule has 2 aliphatic rings. The van der Waals surface area contributed by atoms with Crippen LogP contribution in [0.1, 0.15) is 74.7 Å². The summed E-state index contributed by atoms with van der Waals surface area (Å²) in [5, 5.41) is 0. The van der Waals surface area contributed by atoms with Gasteiger partial charge < -0.3 is 0 Å². The summed E-state index contributed by atoms with van der Waals surface area (Å²) in [4.78, 5) is 10.1. The third kappa shape index (κ3) is 5.79. The van der Waals surface area contributed by atoms with Crippen molar-refractivity contribution >= 4 is 11.4 Å². The average molecular weight is 355 g/mol. The third-order valence-electron chi connectivity index (χ3n) is 4.82. The quantitative estimate of drug-likeness (QED) is 0.461. The highest BCUT2D eigenvalue weighted by Gasteiger charge is 2.30. The minimum absolute atomic E-state index is 0.0883. The summed E-state index contributed by atoms with van der Waals surface area (Å²) in [6.07, 6.45) is 12.3. The van der Waals surface area contributed by atoms with Crippen LogP contribution in [0.3, 0.4) is 0 Å². The largest absolute Gasteiger partial charge is 0.282 e. The highest BCUT2D eigenvalue weighted by molar-refractivity contribution is 6.23. The fourth-order valence-electron chi connectivity index (χ4n) is 4.25. The Morgan fingerprint density at radius 3 is 2.23 bits per heavy atom. The summed E-state index contributed by atoms with van der Waals surface area (Å²) in [6, 6.07) is 0.359. The van der Waals surface area contributed by atoms with Crippen LogP contribution in [0.25, 0.3) is 0 Å². The second-order valence-corrected chi connectivity index (χ2v) is 9.64. The number of rotatable bonds is 7. The van der Waals surface area contributed by atoms with Gasteiger partial charge in [0.1, 0.15) is 0 Å². The predicted octanol–water partition coefficient (Wildman–Crippen LogP) is 6.59. The maximum absolute atomic E-state index is 5.13. The zero-order chi connectivity index (χ0) is 19.5. The lowest BCUT2D eigenvalue weighted by Gasteiger charge is -2.33. The van der Waals surface area contributed by atoms with Gasteiger partial charge in [0.2, 0.25) is 0 Å². The molecule has 0 saturated heterocycles. The second kappa shape index (κ2) is 8.50. The highest BCUT2D eigenvalue weighted by atomic mass is 14.9. The molecule has 0 saturated carbocycles. The normalized spacial score (nSPS) is 25.5. The number of nitrogens with zero attached hydrogens (tertiary/aromatic N) is 2. The van der Waals surface area contributed by atoms with Crippen molar-refractivity contribution in [2.24, 2.45) is 27.7 Å². The van der Waals surface area contributed by atoms with Crippen molar-refractivity contribution in [3.05, 3.63) is 35.5 Å². The van der Waals surface area contributed by atoms with Crippen molar-refractivity contribution in [3.8, 4) is 0 Å². The Kier molecular flexibility index (Phi) is 6.82. The molecule has 26 heavy (non-hydrogen) atoms. The Labute approximate surface area is 161 Å². The molecule has 0 spiro atoms. The first kappa shape index (κ1) is 20.9. The molecule has 2 nitrogen and oxygen atoms in total. The maximum Gasteiger partial charge on any atom is 0.0775 e. The number of fused-ring (bicyclic) bond motifs is 1. The van der Waals surface area contributed by atoms with Gasteiger partial charge in [-0.05, 0) is 74.7 Å². The second-order valence-electron chi connectivity index (χ2n) is 9.64. The lowest BCUT2D eigenvalue weighted by Crippen LogP contribution is -2.30. The predicted molar refractivity (Wildman–Crippen MR) is 116 cm³/mol. The van der Waals surface area contributed by atoms with Crippen LogP contribution in [-0.4, -0.2) is 23.0 Å². The molecule has 1 aliphatic heterocycles. The summed E-state index contributed by atoms with van der Waals surface area (Å²) in [7, 11) is 0. The molecule has 2 unspecified atom stereocenters. The van der Waals surface area contributed by atoms with Gasteiger partial charge in [0.25, 0.3) is 0 Å². The summed E-state index contributed by atoms with van der Waals surface area (Å²) >= 11 is 0. The smallest absolute Gasteiger partial charge is 0.0775 e. The van der Waals surface area contributed by atoms with Gasteiger partial charge in [0.05, 0.1) is 17.0 Å². The van der Waals surface area contributed by atoms with E-state index in [0.29, 0.717) is 23.8 Å². The number of hydrogen-bond donors (Lipinski definition) is 0. The molecule has 0 N–H and O–H groups in total. The Hall–Kier alpha value is -1.44. The van der Waals surface area contributed by atoms with Gasteiger partial charge in [-0.25, -0.2) is 0 Å². The van der Waals surface area contributed by atoms with E-state index in [2.05, 4.69) is 79.7 Å². The topological polar surface area (TPSA) is 24.7 Å². The van der Waals surface area contributed by atoms with Crippen LogP contribution in [0.5, 0.6) is 0 Å². The molecule has 0 bridgehead atoms. The van der Waals surface area contributed by atoms with Gasteiger partial charge in [0, 0.05) is 11.6 Å². The molecule has 1 heterocycles. The number of aliphatic imine (C=N–C) groups is 2. The van der Waals surface area contributed by atoms with E-state index < -0.39 is 0 Å². The first-order valence-electron chi connectivity index (χ1n) is 10.4. The van der Waals surface area contributed by atoms with Crippen LogP contribution >= 0.6 is 0 Å². The van der Waals surface area contributed by atoms with Gasteiger partial charge in [-0.3, -0.25) is 9.98 Å². The minimum Gasteiger partial charge on any atom is -0.282 e. The van der Waals surface area contributed by atoms with Crippen molar-refractivity contribution in [1.82, 2.24) is 0 Å². The highest BCUT2D eigenvalue weighted by Crippen LogP contribution is 2.35. The van der Waals surface area contributed by atoms with Crippen LogP contribution in [-0.2, 0) is 0 Å². The van der Waals surface area contributed by atoms with Crippen molar-refractivity contribution < 1.29 is 0 Å². The number of allylic oxidation sites excluding steroid dienone is 5. The van der Waals surface area contributed by atoms with Crippen molar-refractivity contribution in [3.63, 3.8) is 0 Å². The summed E-state index contributed by atoms with van der Waals surface area (Å²) in [6.45, 7) is 18.2. The fourth-order valence-corrected chi connectivity index (χ4v) is 4.25. The Morgan fingerprint density at radius 1 is 0.962 bits per heavy atom. The van der Waals surface area contributed by atoms with E-state index in [1.54, 1.807) is 0 Å². The first-order valence-corrected chi connectivity index (χ1v) is 10.4. The Balaban J connectivity index is 2.36. The first-order chi connectivity index (χ1) is 12.1. The lowest BCUT2D eigenvalue weighted by atomic mass is 9.80. The Morgan fingerprint density at radius 2 is 1.65 bits per heavy atom. The monoisotopic (exact) mass is 354 g/mol. The van der Waals surface area contributed by atoms with E-state index >= 15 is 0 Å². The molecule has 144 valence electrons. The molecule has 2 atom stereocenters. The van der Waals surface area contributed by atoms with Crippen LogP contribution in [0.15, 0.2) is 45.4 Å². The molecule has 0 radical (unpaired) electrons. The maximum atomic E-state index is 5.13. The molecular formula is C24H38N2. The molecule has 0 amide bonds. The molecule has 0 fully saturated rings. The van der Waals surface area contributed by atoms with Crippen LogP contribution in [0.2, 0.25) is 0 Å². The van der Waals surface area contributed by atoms with Gasteiger partial charge >= 0.3 is 0 Å². The van der Waals surface area contributed by atoms with Crippen LogP contribution in [0.4, 0.5) is 0 Å². The molecule has 0 aromatic heterocycles. The number of dihydropyridines is 1. The molecule has 0 aromatic carbocycles. The van der Waals surface area contributed by atoms with Gasteiger partial charge in [0.15, 0.2) is 0 Å². The molecular weight excluding hydrogens is 316 g/mol. The molecule has 1 aliphatic carbocycles. The van der Waals surface area contributed by atoms with E-state index in [0.717, 1.165) is 30.7 Å². The van der Waals surface area contributed by atoms with Crippen molar-refractivity contribution in [2.45, 2.75) is 86.2 Å². The zero-order valence-corrected chi connectivity index (χ0v) is 18.1. The number of hydrogen-bond acceptors (Lipinski definition) is 2. The van der Waals surface area contributed by atoms with E-state index in [4.69, 9.17) is 9.98 Å². The molecule has 2 rings (SSSR count). The molecule has 0 aromatic rings. The van der Waals surface area contributed by atoms with E-state index in [1.807, 2.05) is 0 Å². The van der Waals surface area contributed by atoms with Crippen molar-refractivity contribution in [1.29, 1.82) is 0 Å². The van der Waals surface area contributed by atoms with Crippen LogP contribution < -0.4 is 0 Å². The average Bonchev–Trinajstić information content (AvgIpc) is 2.45. The van der Waals surface area contributed by atoms with Gasteiger partial charge in [-0.2, -0.15) is 0 Å². The summed E-state index contributed by atoms with van der Waals surface area (Å²) < 4.78 is 0. The minimum atomic E-state index is -0.0883. The van der Waals surface area contributed by atoms with E-state index in [1.165, 1.54) is 11.1 Å². The summed E-state index contributed by atoms with van der Waals surface area (Å²) in [5.74, 6) is 1.94. The van der Waals surface area contributed by atoms with Crippen LogP contribution in [0, 0.1) is 17.8 Å². The van der Waals surface area contributed by atoms with E-state index in [9.17, 15) is 0 Å². The SMILES string of the molecule is CC(C)CC1=CC(C)(CC(C)C)N=C2C=CC(=NC(C)CC(C)C)C=C12. The lowest BCUT2D eigenvalue weighted by molar-refractivity contribution is 0.436. The molecule has 2 heteroatoms. The van der Waals surface area contributed by atoms with Gasteiger partial charge in [-0.15, -0.1) is 0 Å². The van der Waals surface area contributed by atoms with Crippen molar-refractivity contribution in [2.75, 3.05) is 0 Å². The van der Waals surface area contributed by atoms with Gasteiger partial charge in [-0.1, -0.05) is 47.6 Å². The fraction of sp³-hybridized carbons (Fsp3) is 0.667.